The topological polar surface area (TPSA) is 105 Å². The lowest BCUT2D eigenvalue weighted by Gasteiger charge is -2.05. The molecule has 118 valence electrons. The van der Waals surface area contributed by atoms with E-state index in [1.807, 2.05) is 0 Å². The van der Waals surface area contributed by atoms with Gasteiger partial charge in [0, 0.05) is 0 Å². The second-order valence-electron chi connectivity index (χ2n) is 3.73. The van der Waals surface area contributed by atoms with Crippen LogP contribution in [0.25, 0.3) is 0 Å². The van der Waals surface area contributed by atoms with Gasteiger partial charge in [-0.05, 0) is 32.0 Å². The van der Waals surface area contributed by atoms with E-state index >= 15 is 0 Å². The van der Waals surface area contributed by atoms with Crippen LogP contribution in [-0.4, -0.2) is 37.5 Å². The first kappa shape index (κ1) is 17.2. The SMILES string of the molecule is CCOC(=O)OC(=O)c1cccc(C(=O)OC(=O)OCC)c1. The molecule has 0 heterocycles. The quantitative estimate of drug-likeness (QED) is 0.616. The Morgan fingerprint density at radius 1 is 0.818 bits per heavy atom. The molecule has 0 radical (unpaired) electrons. The Bertz CT molecular complexity index is 531. The first-order valence-corrected chi connectivity index (χ1v) is 6.35. The van der Waals surface area contributed by atoms with E-state index in [9.17, 15) is 19.2 Å². The summed E-state index contributed by atoms with van der Waals surface area (Å²) in [7, 11) is 0. The van der Waals surface area contributed by atoms with Crippen molar-refractivity contribution in [1.29, 1.82) is 0 Å². The van der Waals surface area contributed by atoms with Crippen molar-refractivity contribution in [2.45, 2.75) is 13.8 Å². The van der Waals surface area contributed by atoms with Crippen LogP contribution in [0.5, 0.6) is 0 Å². The lowest BCUT2D eigenvalue weighted by Crippen LogP contribution is -2.16. The van der Waals surface area contributed by atoms with Gasteiger partial charge in [-0.25, -0.2) is 19.2 Å². The summed E-state index contributed by atoms with van der Waals surface area (Å²) in [6.07, 6.45) is -2.29. The van der Waals surface area contributed by atoms with Crippen molar-refractivity contribution in [3.05, 3.63) is 35.4 Å². The average Bonchev–Trinajstić information content (AvgIpc) is 2.47. The summed E-state index contributed by atoms with van der Waals surface area (Å²) in [4.78, 5) is 45.4. The molecule has 0 aliphatic rings. The molecule has 0 bridgehead atoms. The van der Waals surface area contributed by atoms with E-state index < -0.39 is 24.2 Å². The van der Waals surface area contributed by atoms with E-state index in [1.54, 1.807) is 13.8 Å². The second kappa shape index (κ2) is 8.40. The van der Waals surface area contributed by atoms with Gasteiger partial charge in [0.25, 0.3) is 0 Å². The predicted molar refractivity (Wildman–Crippen MR) is 71.3 cm³/mol. The lowest BCUT2D eigenvalue weighted by molar-refractivity contribution is 0.0391. The second-order valence-corrected chi connectivity index (χ2v) is 3.73. The molecule has 0 aliphatic heterocycles. The normalized spacial score (nSPS) is 9.55. The zero-order valence-electron chi connectivity index (χ0n) is 12.0. The molecule has 0 amide bonds. The summed E-state index contributed by atoms with van der Waals surface area (Å²) in [5.74, 6) is -1.99. The molecule has 8 heteroatoms. The van der Waals surface area contributed by atoms with Gasteiger partial charge in [-0.15, -0.1) is 0 Å². The van der Waals surface area contributed by atoms with Crippen molar-refractivity contribution in [1.82, 2.24) is 0 Å². The predicted octanol–water partition coefficient (Wildman–Crippen LogP) is 2.31. The number of carbonyl (C=O) groups excluding carboxylic acids is 4. The fraction of sp³-hybridized carbons (Fsp3) is 0.286. The Kier molecular flexibility index (Phi) is 6.55. The standard InChI is InChI=1S/C14H14O8/c1-3-19-13(17)21-11(15)9-6-5-7-10(8-9)12(16)22-14(18)20-4-2/h5-8H,3-4H2,1-2H3. The maximum absolute atomic E-state index is 11.7. The molecule has 0 saturated heterocycles. The van der Waals surface area contributed by atoms with Crippen LogP contribution in [0.3, 0.4) is 0 Å². The molecule has 1 aromatic rings. The molecule has 1 aromatic carbocycles. The van der Waals surface area contributed by atoms with Crippen molar-refractivity contribution < 1.29 is 38.1 Å². The van der Waals surface area contributed by atoms with Crippen molar-refractivity contribution in [2.75, 3.05) is 13.2 Å². The molecule has 0 aromatic heterocycles. The van der Waals surface area contributed by atoms with E-state index in [2.05, 4.69) is 18.9 Å². The average molecular weight is 310 g/mol. The summed E-state index contributed by atoms with van der Waals surface area (Å²) in [5, 5.41) is 0. The molecular formula is C14H14O8. The number of carbonyl (C=O) groups is 4. The number of esters is 2. The van der Waals surface area contributed by atoms with Crippen LogP contribution in [0.4, 0.5) is 9.59 Å². The summed E-state index contributed by atoms with van der Waals surface area (Å²) in [6, 6.07) is 5.12. The van der Waals surface area contributed by atoms with Crippen molar-refractivity contribution >= 4 is 24.2 Å². The summed E-state index contributed by atoms with van der Waals surface area (Å²) in [6.45, 7) is 3.21. The Balaban J connectivity index is 2.77. The minimum absolute atomic E-state index is 0.0536. The van der Waals surface area contributed by atoms with Gasteiger partial charge in [-0.2, -0.15) is 0 Å². The highest BCUT2D eigenvalue weighted by atomic mass is 16.7. The zero-order valence-corrected chi connectivity index (χ0v) is 12.0. The van der Waals surface area contributed by atoms with E-state index in [4.69, 9.17) is 0 Å². The molecule has 0 N–H and O–H groups in total. The first-order valence-electron chi connectivity index (χ1n) is 6.35. The molecule has 0 fully saturated rings. The van der Waals surface area contributed by atoms with Crippen LogP contribution in [0, 0.1) is 0 Å². The van der Waals surface area contributed by atoms with E-state index in [1.165, 1.54) is 18.2 Å². The third-order valence-corrected chi connectivity index (χ3v) is 2.21. The fourth-order valence-corrected chi connectivity index (χ4v) is 1.34. The van der Waals surface area contributed by atoms with Crippen LogP contribution in [-0.2, 0) is 18.9 Å². The van der Waals surface area contributed by atoms with Gasteiger partial charge < -0.3 is 18.9 Å². The van der Waals surface area contributed by atoms with E-state index in [0.29, 0.717) is 0 Å². The summed E-state index contributed by atoms with van der Waals surface area (Å²) in [5.41, 5.74) is -0.155. The summed E-state index contributed by atoms with van der Waals surface area (Å²) < 4.78 is 17.7. The molecule has 0 aliphatic carbocycles. The van der Waals surface area contributed by atoms with Crippen LogP contribution in [0.2, 0.25) is 0 Å². The van der Waals surface area contributed by atoms with Crippen LogP contribution in [0.1, 0.15) is 34.6 Å². The van der Waals surface area contributed by atoms with Crippen molar-refractivity contribution in [2.24, 2.45) is 0 Å². The van der Waals surface area contributed by atoms with Gasteiger partial charge in [-0.3, -0.25) is 0 Å². The van der Waals surface area contributed by atoms with Crippen LogP contribution in [0.15, 0.2) is 24.3 Å². The Morgan fingerprint density at radius 2 is 1.23 bits per heavy atom. The minimum Gasteiger partial charge on any atom is -0.434 e. The lowest BCUT2D eigenvalue weighted by atomic mass is 10.1. The number of benzene rings is 1. The van der Waals surface area contributed by atoms with Crippen LogP contribution >= 0.6 is 0 Å². The number of hydrogen-bond donors (Lipinski definition) is 0. The third kappa shape index (κ3) is 5.23. The Labute approximate surface area is 125 Å². The van der Waals surface area contributed by atoms with Crippen molar-refractivity contribution in [3.8, 4) is 0 Å². The minimum atomic E-state index is -1.15. The van der Waals surface area contributed by atoms with Crippen molar-refractivity contribution in [3.63, 3.8) is 0 Å². The van der Waals surface area contributed by atoms with Gasteiger partial charge in [0.15, 0.2) is 0 Å². The first-order chi connectivity index (χ1) is 10.5. The highest BCUT2D eigenvalue weighted by Crippen LogP contribution is 2.09. The molecule has 8 nitrogen and oxygen atoms in total. The fourth-order valence-electron chi connectivity index (χ4n) is 1.34. The monoisotopic (exact) mass is 310 g/mol. The van der Waals surface area contributed by atoms with Crippen LogP contribution < -0.4 is 0 Å². The maximum Gasteiger partial charge on any atom is 0.516 e. The number of rotatable bonds is 4. The number of ether oxygens (including phenoxy) is 4. The molecule has 0 spiro atoms. The molecule has 0 atom stereocenters. The number of hydrogen-bond acceptors (Lipinski definition) is 8. The Hall–Kier alpha value is -2.90. The molecular weight excluding hydrogens is 296 g/mol. The molecule has 1 rings (SSSR count). The maximum atomic E-state index is 11.7. The molecule has 0 unspecified atom stereocenters. The highest BCUT2D eigenvalue weighted by Gasteiger charge is 2.18. The zero-order chi connectivity index (χ0) is 16.5. The third-order valence-electron chi connectivity index (χ3n) is 2.21. The van der Waals surface area contributed by atoms with Gasteiger partial charge in [0.2, 0.25) is 0 Å². The molecule has 0 saturated carbocycles. The van der Waals surface area contributed by atoms with E-state index in [-0.39, 0.29) is 24.3 Å². The highest BCUT2D eigenvalue weighted by molar-refractivity contribution is 6.00. The largest absolute Gasteiger partial charge is 0.516 e. The van der Waals surface area contributed by atoms with Gasteiger partial charge in [-0.1, -0.05) is 6.07 Å². The van der Waals surface area contributed by atoms with Gasteiger partial charge in [0.05, 0.1) is 24.3 Å². The van der Waals surface area contributed by atoms with Gasteiger partial charge >= 0.3 is 24.2 Å². The summed E-state index contributed by atoms with van der Waals surface area (Å²) >= 11 is 0. The molecule has 22 heavy (non-hydrogen) atoms. The van der Waals surface area contributed by atoms with Gasteiger partial charge in [0.1, 0.15) is 0 Å². The van der Waals surface area contributed by atoms with E-state index in [0.717, 1.165) is 6.07 Å². The Morgan fingerprint density at radius 3 is 1.59 bits per heavy atom. The smallest absolute Gasteiger partial charge is 0.434 e.